The van der Waals surface area contributed by atoms with Crippen LogP contribution in [0.5, 0.6) is 0 Å². The monoisotopic (exact) mass is 471 g/mol. The molecular weight excluding hydrogens is 438 g/mol. The molecule has 33 heavy (non-hydrogen) atoms. The molecule has 7 nitrogen and oxygen atoms in total. The lowest BCUT2D eigenvalue weighted by atomic mass is 9.97. The number of amides is 2. The number of aryl methyl sites for hydroxylation is 1. The second kappa shape index (κ2) is 10.9. The smallest absolute Gasteiger partial charge is 0.255 e. The van der Waals surface area contributed by atoms with E-state index in [4.69, 9.17) is 0 Å². The maximum Gasteiger partial charge on any atom is 0.255 e. The summed E-state index contributed by atoms with van der Waals surface area (Å²) in [4.78, 5) is 27.4. The molecule has 2 aromatic rings. The van der Waals surface area contributed by atoms with Crippen LogP contribution < -0.4 is 5.32 Å². The summed E-state index contributed by atoms with van der Waals surface area (Å²) >= 11 is 0. The van der Waals surface area contributed by atoms with Gasteiger partial charge in [0, 0.05) is 32.1 Å². The number of hydrogen-bond donors (Lipinski definition) is 1. The van der Waals surface area contributed by atoms with Crippen molar-refractivity contribution >= 4 is 27.5 Å². The topological polar surface area (TPSA) is 86.8 Å². The van der Waals surface area contributed by atoms with Crippen LogP contribution in [0.1, 0.15) is 48.2 Å². The molecule has 1 N–H and O–H groups in total. The molecule has 0 aromatic heterocycles. The van der Waals surface area contributed by atoms with Gasteiger partial charge in [-0.15, -0.1) is 0 Å². The summed E-state index contributed by atoms with van der Waals surface area (Å²) in [6, 6.07) is 14.5. The number of benzene rings is 2. The van der Waals surface area contributed by atoms with Crippen molar-refractivity contribution in [2.24, 2.45) is 5.92 Å². The Labute approximate surface area is 196 Å². The summed E-state index contributed by atoms with van der Waals surface area (Å²) in [5, 5.41) is 2.91. The fourth-order valence-corrected chi connectivity index (χ4v) is 5.64. The Morgan fingerprint density at radius 3 is 2.21 bits per heavy atom. The van der Waals surface area contributed by atoms with Crippen molar-refractivity contribution < 1.29 is 18.0 Å². The van der Waals surface area contributed by atoms with E-state index in [9.17, 15) is 18.0 Å². The van der Waals surface area contributed by atoms with Crippen LogP contribution in [-0.2, 0) is 20.6 Å². The molecule has 0 atom stereocenters. The summed E-state index contributed by atoms with van der Waals surface area (Å²) in [5.74, 6) is -0.629. The first-order chi connectivity index (χ1) is 15.7. The van der Waals surface area contributed by atoms with Crippen molar-refractivity contribution in [1.29, 1.82) is 0 Å². The average Bonchev–Trinajstić information content (AvgIpc) is 2.81. The van der Waals surface area contributed by atoms with E-state index in [1.165, 1.54) is 4.31 Å². The van der Waals surface area contributed by atoms with E-state index in [-0.39, 0.29) is 23.5 Å². The first-order valence-corrected chi connectivity index (χ1v) is 13.1. The molecule has 0 bridgehead atoms. The Bertz CT molecular complexity index is 1070. The third-order valence-corrected chi connectivity index (χ3v) is 8.00. The number of piperidine rings is 1. The molecule has 8 heteroatoms. The normalized spacial score (nSPS) is 15.2. The molecule has 1 heterocycles. The fraction of sp³-hybridized carbons (Fsp3) is 0.440. The summed E-state index contributed by atoms with van der Waals surface area (Å²) in [5.41, 5.74) is 2.81. The zero-order valence-corrected chi connectivity index (χ0v) is 20.4. The third-order valence-electron chi connectivity index (χ3n) is 6.15. The number of nitrogens with zero attached hydrogens (tertiary/aromatic N) is 2. The molecule has 178 valence electrons. The zero-order chi connectivity index (χ0) is 24.0. The van der Waals surface area contributed by atoms with Crippen LogP contribution in [0.2, 0.25) is 0 Å². The van der Waals surface area contributed by atoms with Crippen LogP contribution in [0.25, 0.3) is 0 Å². The quantitative estimate of drug-likeness (QED) is 0.637. The van der Waals surface area contributed by atoms with Crippen molar-refractivity contribution in [2.45, 2.75) is 39.4 Å². The van der Waals surface area contributed by atoms with Crippen molar-refractivity contribution in [2.75, 3.05) is 31.5 Å². The Kier molecular flexibility index (Phi) is 8.26. The van der Waals surface area contributed by atoms with E-state index in [0.717, 1.165) is 11.1 Å². The summed E-state index contributed by atoms with van der Waals surface area (Å²) in [7, 11) is -3.44. The van der Waals surface area contributed by atoms with Crippen LogP contribution in [0.4, 0.5) is 5.69 Å². The zero-order valence-electron chi connectivity index (χ0n) is 19.6. The van der Waals surface area contributed by atoms with E-state index in [1.54, 1.807) is 29.2 Å². The first-order valence-electron chi connectivity index (χ1n) is 11.5. The molecule has 1 fully saturated rings. The molecule has 2 aromatic carbocycles. The lowest BCUT2D eigenvalue weighted by Gasteiger charge is -2.30. The Morgan fingerprint density at radius 1 is 1.00 bits per heavy atom. The average molecular weight is 472 g/mol. The molecule has 0 spiro atoms. The Morgan fingerprint density at radius 2 is 1.61 bits per heavy atom. The SMILES string of the molecule is CCN(CC)C(=O)c1ccccc1NC(=O)C1CCN(S(=O)(=O)Cc2ccc(C)cc2)CC1. The number of nitrogens with one attached hydrogen (secondary N) is 1. The summed E-state index contributed by atoms with van der Waals surface area (Å²) in [6.45, 7) is 7.61. The summed E-state index contributed by atoms with van der Waals surface area (Å²) in [6.07, 6.45) is 0.899. The van der Waals surface area contributed by atoms with E-state index in [1.807, 2.05) is 45.0 Å². The van der Waals surface area contributed by atoms with Crippen molar-refractivity contribution in [3.8, 4) is 0 Å². The molecule has 0 saturated carbocycles. The number of anilines is 1. The van der Waals surface area contributed by atoms with Gasteiger partial charge in [-0.05, 0) is 51.3 Å². The molecule has 1 aliphatic rings. The lowest BCUT2D eigenvalue weighted by Crippen LogP contribution is -2.42. The van der Waals surface area contributed by atoms with Gasteiger partial charge < -0.3 is 10.2 Å². The second-order valence-corrected chi connectivity index (χ2v) is 10.4. The summed E-state index contributed by atoms with van der Waals surface area (Å²) < 4.78 is 27.1. The minimum atomic E-state index is -3.44. The van der Waals surface area contributed by atoms with Crippen LogP contribution in [0, 0.1) is 12.8 Å². The van der Waals surface area contributed by atoms with Gasteiger partial charge in [0.05, 0.1) is 17.0 Å². The number of carbonyl (C=O) groups is 2. The Balaban J connectivity index is 1.61. The predicted octanol–water partition coefficient (Wildman–Crippen LogP) is 3.66. The van der Waals surface area contributed by atoms with Gasteiger partial charge in [-0.2, -0.15) is 0 Å². The first kappa shape index (κ1) is 24.9. The highest BCUT2D eigenvalue weighted by Gasteiger charge is 2.31. The van der Waals surface area contributed by atoms with Gasteiger partial charge in [-0.1, -0.05) is 42.0 Å². The van der Waals surface area contributed by atoms with Gasteiger partial charge in [0.15, 0.2) is 0 Å². The molecule has 3 rings (SSSR count). The van der Waals surface area contributed by atoms with Gasteiger partial charge in [0.1, 0.15) is 0 Å². The maximum absolute atomic E-state index is 12.9. The highest BCUT2D eigenvalue weighted by Crippen LogP contribution is 2.25. The van der Waals surface area contributed by atoms with E-state index in [0.29, 0.717) is 50.3 Å². The lowest BCUT2D eigenvalue weighted by molar-refractivity contribution is -0.120. The molecule has 0 aliphatic carbocycles. The van der Waals surface area contributed by atoms with Crippen LogP contribution >= 0.6 is 0 Å². The Hall–Kier alpha value is -2.71. The maximum atomic E-state index is 12.9. The number of sulfonamides is 1. The van der Waals surface area contributed by atoms with E-state index >= 15 is 0 Å². The van der Waals surface area contributed by atoms with Gasteiger partial charge in [0.25, 0.3) is 5.91 Å². The van der Waals surface area contributed by atoms with Crippen molar-refractivity contribution in [3.63, 3.8) is 0 Å². The molecule has 0 unspecified atom stereocenters. The highest BCUT2D eigenvalue weighted by atomic mass is 32.2. The van der Waals surface area contributed by atoms with Crippen LogP contribution in [-0.4, -0.2) is 55.6 Å². The van der Waals surface area contributed by atoms with Gasteiger partial charge >= 0.3 is 0 Å². The van der Waals surface area contributed by atoms with Crippen LogP contribution in [0.3, 0.4) is 0 Å². The molecule has 1 aliphatic heterocycles. The third kappa shape index (κ3) is 6.21. The van der Waals surface area contributed by atoms with Gasteiger partial charge in [-0.3, -0.25) is 9.59 Å². The van der Waals surface area contributed by atoms with Gasteiger partial charge in [0.2, 0.25) is 15.9 Å². The van der Waals surface area contributed by atoms with Crippen LogP contribution in [0.15, 0.2) is 48.5 Å². The van der Waals surface area contributed by atoms with Gasteiger partial charge in [-0.25, -0.2) is 12.7 Å². The second-order valence-electron chi connectivity index (χ2n) is 8.43. The molecular formula is C25H33N3O4S. The minimum absolute atomic E-state index is 0.0367. The van der Waals surface area contributed by atoms with E-state index in [2.05, 4.69) is 5.32 Å². The van der Waals surface area contributed by atoms with E-state index < -0.39 is 10.0 Å². The fourth-order valence-electron chi connectivity index (χ4n) is 4.08. The largest absolute Gasteiger partial charge is 0.339 e. The number of rotatable bonds is 8. The molecule has 1 saturated heterocycles. The number of para-hydroxylation sites is 1. The highest BCUT2D eigenvalue weighted by molar-refractivity contribution is 7.88. The predicted molar refractivity (Wildman–Crippen MR) is 130 cm³/mol. The molecule has 0 radical (unpaired) electrons. The number of carbonyl (C=O) groups excluding carboxylic acids is 2. The standard InChI is InChI=1S/C25H33N3O4S/c1-4-27(5-2)25(30)22-8-6-7-9-23(22)26-24(29)21-14-16-28(17-15-21)33(31,32)18-20-12-10-19(3)11-13-20/h6-13,21H,4-5,14-18H2,1-3H3,(H,26,29). The minimum Gasteiger partial charge on any atom is -0.339 e. The number of hydrogen-bond acceptors (Lipinski definition) is 4. The molecule has 2 amide bonds. The van der Waals surface area contributed by atoms with Crippen molar-refractivity contribution in [1.82, 2.24) is 9.21 Å². The van der Waals surface area contributed by atoms with Crippen molar-refractivity contribution in [3.05, 3.63) is 65.2 Å².